The smallest absolute Gasteiger partial charge is 0.261 e. The van der Waals surface area contributed by atoms with E-state index in [0.717, 1.165) is 5.56 Å². The Morgan fingerprint density at radius 3 is 2.20 bits per heavy atom. The van der Waals surface area contributed by atoms with E-state index in [1.807, 2.05) is 44.2 Å². The molecule has 3 aromatic rings. The molecule has 0 aliphatic rings. The van der Waals surface area contributed by atoms with Crippen LogP contribution in [-0.2, 0) is 22.6 Å². The first-order valence-electron chi connectivity index (χ1n) is 11.2. The molecule has 0 saturated heterocycles. The van der Waals surface area contributed by atoms with E-state index in [0.29, 0.717) is 32.8 Å². The highest BCUT2D eigenvalue weighted by molar-refractivity contribution is 6.36. The Bertz CT molecular complexity index is 1140. The molecule has 0 heterocycles. The maximum atomic E-state index is 13.6. The molecule has 1 N–H and O–H groups in total. The van der Waals surface area contributed by atoms with E-state index in [9.17, 15) is 9.59 Å². The molecule has 0 fully saturated rings. The molecule has 0 saturated carbocycles. The van der Waals surface area contributed by atoms with Crippen molar-refractivity contribution in [3.8, 4) is 5.75 Å². The first kappa shape index (κ1) is 26.9. The average molecular weight is 534 g/mol. The number of benzene rings is 3. The molecule has 0 aromatic heterocycles. The van der Waals surface area contributed by atoms with Gasteiger partial charge in [0.25, 0.3) is 5.91 Å². The summed E-state index contributed by atoms with van der Waals surface area (Å²) >= 11 is 18.9. The Labute approximate surface area is 220 Å². The second kappa shape index (κ2) is 12.8. The molecule has 0 unspecified atom stereocenters. The van der Waals surface area contributed by atoms with E-state index < -0.39 is 6.04 Å². The van der Waals surface area contributed by atoms with Crippen molar-refractivity contribution >= 4 is 46.6 Å². The standard InChI is InChI=1S/C27H27Cl3N2O3/c1-18(2)31-27(34)25(14-19-8-4-3-5-9-19)32(16-22-23(29)12-7-13-24(22)30)26(33)17-35-21-11-6-10-20(28)15-21/h3-13,15,18,25H,14,16-17H2,1-2H3,(H,31,34)/t25-/m1/s1. The van der Waals surface area contributed by atoms with Gasteiger partial charge in [-0.3, -0.25) is 9.59 Å². The Kier molecular flexibility index (Phi) is 9.84. The number of hydrogen-bond acceptors (Lipinski definition) is 3. The summed E-state index contributed by atoms with van der Waals surface area (Å²) in [6, 6.07) is 20.5. The van der Waals surface area contributed by atoms with Crippen molar-refractivity contribution in [2.75, 3.05) is 6.61 Å². The minimum Gasteiger partial charge on any atom is -0.484 e. The molecular weight excluding hydrogens is 507 g/mol. The van der Waals surface area contributed by atoms with Crippen LogP contribution in [0.4, 0.5) is 0 Å². The van der Waals surface area contributed by atoms with E-state index in [4.69, 9.17) is 39.5 Å². The van der Waals surface area contributed by atoms with E-state index in [-0.39, 0.29) is 31.0 Å². The van der Waals surface area contributed by atoms with Gasteiger partial charge in [-0.1, -0.05) is 77.3 Å². The van der Waals surface area contributed by atoms with Gasteiger partial charge >= 0.3 is 0 Å². The highest BCUT2D eigenvalue weighted by Crippen LogP contribution is 2.27. The number of hydrogen-bond donors (Lipinski definition) is 1. The van der Waals surface area contributed by atoms with Crippen molar-refractivity contribution in [1.82, 2.24) is 10.2 Å². The number of amides is 2. The highest BCUT2D eigenvalue weighted by atomic mass is 35.5. The number of nitrogens with zero attached hydrogens (tertiary/aromatic N) is 1. The lowest BCUT2D eigenvalue weighted by Gasteiger charge is -2.32. The first-order chi connectivity index (χ1) is 16.7. The maximum Gasteiger partial charge on any atom is 0.261 e. The average Bonchev–Trinajstić information content (AvgIpc) is 2.81. The van der Waals surface area contributed by atoms with Gasteiger partial charge in [0.2, 0.25) is 5.91 Å². The third kappa shape index (κ3) is 7.89. The molecule has 8 heteroatoms. The lowest BCUT2D eigenvalue weighted by atomic mass is 10.0. The zero-order chi connectivity index (χ0) is 25.4. The van der Waals surface area contributed by atoms with Gasteiger partial charge in [0.15, 0.2) is 6.61 Å². The molecule has 3 rings (SSSR count). The van der Waals surface area contributed by atoms with Gasteiger partial charge in [-0.05, 0) is 49.7 Å². The summed E-state index contributed by atoms with van der Waals surface area (Å²) in [5.74, 6) is -0.211. The molecule has 0 radical (unpaired) electrons. The van der Waals surface area contributed by atoms with Gasteiger partial charge in [0.1, 0.15) is 11.8 Å². The monoisotopic (exact) mass is 532 g/mol. The summed E-state index contributed by atoms with van der Waals surface area (Å²) in [5, 5.41) is 4.25. The maximum absolute atomic E-state index is 13.6. The van der Waals surface area contributed by atoms with Gasteiger partial charge in [0.05, 0.1) is 0 Å². The molecule has 0 bridgehead atoms. The SMILES string of the molecule is CC(C)NC(=O)[C@@H](Cc1ccccc1)N(Cc1c(Cl)cccc1Cl)C(=O)COc1cccc(Cl)c1. The van der Waals surface area contributed by atoms with E-state index in [1.54, 1.807) is 42.5 Å². The normalized spacial score (nSPS) is 11.7. The molecule has 5 nitrogen and oxygen atoms in total. The molecule has 0 aliphatic heterocycles. The number of halogens is 3. The van der Waals surface area contributed by atoms with Crippen LogP contribution >= 0.6 is 34.8 Å². The summed E-state index contributed by atoms with van der Waals surface area (Å²) in [5.41, 5.74) is 1.47. The molecular formula is C27H27Cl3N2O3. The molecule has 2 amide bonds. The summed E-state index contributed by atoms with van der Waals surface area (Å²) in [6.07, 6.45) is 0.310. The largest absolute Gasteiger partial charge is 0.484 e. The van der Waals surface area contributed by atoms with Crippen molar-refractivity contribution in [3.05, 3.63) is 99.0 Å². The predicted molar refractivity (Wildman–Crippen MR) is 141 cm³/mol. The van der Waals surface area contributed by atoms with Gasteiger partial charge < -0.3 is 15.0 Å². The van der Waals surface area contributed by atoms with Crippen LogP contribution in [-0.4, -0.2) is 35.4 Å². The first-order valence-corrected chi connectivity index (χ1v) is 12.3. The van der Waals surface area contributed by atoms with Gasteiger partial charge in [-0.25, -0.2) is 0 Å². The second-order valence-electron chi connectivity index (χ2n) is 8.34. The van der Waals surface area contributed by atoms with Crippen LogP contribution < -0.4 is 10.1 Å². The van der Waals surface area contributed by atoms with E-state index in [2.05, 4.69) is 5.32 Å². The van der Waals surface area contributed by atoms with Crippen LogP contribution in [0.5, 0.6) is 5.75 Å². The van der Waals surface area contributed by atoms with Gasteiger partial charge in [-0.15, -0.1) is 0 Å². The number of rotatable bonds is 10. The highest BCUT2D eigenvalue weighted by Gasteiger charge is 2.32. The van der Waals surface area contributed by atoms with E-state index >= 15 is 0 Å². The molecule has 35 heavy (non-hydrogen) atoms. The zero-order valence-corrected chi connectivity index (χ0v) is 21.8. The van der Waals surface area contributed by atoms with Crippen LogP contribution in [0.15, 0.2) is 72.8 Å². The van der Waals surface area contributed by atoms with Crippen molar-refractivity contribution < 1.29 is 14.3 Å². The number of carbonyl (C=O) groups is 2. The number of ether oxygens (including phenoxy) is 1. The van der Waals surface area contributed by atoms with Crippen LogP contribution in [0.1, 0.15) is 25.0 Å². The quantitative estimate of drug-likeness (QED) is 0.338. The van der Waals surface area contributed by atoms with Crippen molar-refractivity contribution in [2.24, 2.45) is 0 Å². The number of carbonyl (C=O) groups excluding carboxylic acids is 2. The Balaban J connectivity index is 1.96. The summed E-state index contributed by atoms with van der Waals surface area (Å²) in [7, 11) is 0. The minimum atomic E-state index is -0.817. The fourth-order valence-electron chi connectivity index (χ4n) is 3.57. The fraction of sp³-hybridized carbons (Fsp3) is 0.259. The molecule has 184 valence electrons. The second-order valence-corrected chi connectivity index (χ2v) is 9.59. The Hall–Kier alpha value is -2.73. The van der Waals surface area contributed by atoms with Crippen molar-refractivity contribution in [1.29, 1.82) is 0 Å². The molecule has 0 spiro atoms. The Morgan fingerprint density at radius 1 is 0.914 bits per heavy atom. The predicted octanol–water partition coefficient (Wildman–Crippen LogP) is 6.19. The van der Waals surface area contributed by atoms with Crippen molar-refractivity contribution in [2.45, 2.75) is 38.9 Å². The zero-order valence-electron chi connectivity index (χ0n) is 19.5. The summed E-state index contributed by atoms with van der Waals surface area (Å²) in [4.78, 5) is 28.4. The summed E-state index contributed by atoms with van der Waals surface area (Å²) in [6.45, 7) is 3.50. The molecule has 3 aromatic carbocycles. The third-order valence-electron chi connectivity index (χ3n) is 5.25. The molecule has 1 atom stereocenters. The topological polar surface area (TPSA) is 58.6 Å². The van der Waals surface area contributed by atoms with Crippen LogP contribution in [0, 0.1) is 0 Å². The van der Waals surface area contributed by atoms with Gasteiger partial charge in [0, 0.05) is 39.6 Å². The van der Waals surface area contributed by atoms with Gasteiger partial charge in [-0.2, -0.15) is 0 Å². The fourth-order valence-corrected chi connectivity index (χ4v) is 4.27. The third-order valence-corrected chi connectivity index (χ3v) is 6.19. The van der Waals surface area contributed by atoms with Crippen LogP contribution in [0.2, 0.25) is 15.1 Å². The number of nitrogens with one attached hydrogen (secondary N) is 1. The Morgan fingerprint density at radius 2 is 1.57 bits per heavy atom. The minimum absolute atomic E-state index is 0.0409. The van der Waals surface area contributed by atoms with Crippen LogP contribution in [0.3, 0.4) is 0 Å². The lowest BCUT2D eigenvalue weighted by molar-refractivity contribution is -0.143. The molecule has 0 aliphatic carbocycles. The summed E-state index contributed by atoms with van der Waals surface area (Å²) < 4.78 is 5.72. The van der Waals surface area contributed by atoms with Crippen molar-refractivity contribution in [3.63, 3.8) is 0 Å². The van der Waals surface area contributed by atoms with E-state index in [1.165, 1.54) is 4.90 Å². The van der Waals surface area contributed by atoms with Crippen LogP contribution in [0.25, 0.3) is 0 Å². The lowest BCUT2D eigenvalue weighted by Crippen LogP contribution is -2.52.